The first-order chi connectivity index (χ1) is 13.5. The van der Waals surface area contributed by atoms with Crippen LogP contribution < -0.4 is 20.3 Å². The Morgan fingerprint density at radius 3 is 2.46 bits per heavy atom. The number of nitrogens with one attached hydrogen (secondary N) is 2. The van der Waals surface area contributed by atoms with Gasteiger partial charge < -0.3 is 20.3 Å². The van der Waals surface area contributed by atoms with Gasteiger partial charge in [0.2, 0.25) is 0 Å². The van der Waals surface area contributed by atoms with Crippen molar-refractivity contribution in [2.24, 2.45) is 5.92 Å². The summed E-state index contributed by atoms with van der Waals surface area (Å²) in [5, 5.41) is 7.61. The Labute approximate surface area is 178 Å². The number of hydrogen-bond acceptors (Lipinski definition) is 3. The minimum atomic E-state index is 0.101. The highest BCUT2D eigenvalue weighted by Gasteiger charge is 2.16. The van der Waals surface area contributed by atoms with Gasteiger partial charge in [0.1, 0.15) is 5.75 Å². The molecule has 3 rings (SSSR count). The number of benzene rings is 2. The highest BCUT2D eigenvalue weighted by Crippen LogP contribution is 2.27. The summed E-state index contributed by atoms with van der Waals surface area (Å²) in [6, 6.07) is 14.4. The van der Waals surface area contributed by atoms with E-state index in [0.29, 0.717) is 15.9 Å². The van der Waals surface area contributed by atoms with E-state index in [1.807, 2.05) is 12.1 Å². The minimum Gasteiger partial charge on any atom is -0.495 e. The molecule has 4 nitrogen and oxygen atoms in total. The lowest BCUT2D eigenvalue weighted by molar-refractivity contribution is 0.415. The van der Waals surface area contributed by atoms with E-state index < -0.39 is 0 Å². The zero-order chi connectivity index (χ0) is 20.1. The predicted molar refractivity (Wildman–Crippen MR) is 123 cm³/mol. The van der Waals surface area contributed by atoms with E-state index in [9.17, 15) is 0 Å². The molecule has 1 aliphatic rings. The summed E-state index contributed by atoms with van der Waals surface area (Å²) in [6.07, 6.45) is 2.55. The number of hydrogen-bond donors (Lipinski definition) is 2. The maximum absolute atomic E-state index is 6.17. The lowest BCUT2D eigenvalue weighted by atomic mass is 9.98. The lowest BCUT2D eigenvalue weighted by Gasteiger charge is -2.32. The molecule has 0 radical (unpaired) electrons. The van der Waals surface area contributed by atoms with Gasteiger partial charge in [0.15, 0.2) is 5.11 Å². The summed E-state index contributed by atoms with van der Waals surface area (Å²) in [6.45, 7) is 6.73. The Balaban J connectivity index is 1.55. The van der Waals surface area contributed by atoms with Crippen LogP contribution in [0.3, 0.4) is 0 Å². The molecule has 0 aromatic heterocycles. The predicted octanol–water partition coefficient (Wildman–Crippen LogP) is 5.63. The molecule has 0 bridgehead atoms. The molecule has 2 aromatic rings. The minimum absolute atomic E-state index is 0.101. The first-order valence-corrected chi connectivity index (χ1v) is 10.5. The van der Waals surface area contributed by atoms with E-state index in [1.54, 1.807) is 13.2 Å². The Hall–Kier alpha value is -1.98. The zero-order valence-corrected chi connectivity index (χ0v) is 18.2. The maximum atomic E-state index is 6.17. The van der Waals surface area contributed by atoms with Crippen molar-refractivity contribution in [2.75, 3.05) is 30.4 Å². The quantitative estimate of drug-likeness (QED) is 0.616. The summed E-state index contributed by atoms with van der Waals surface area (Å²) in [5.41, 5.74) is 3.33. The second-order valence-corrected chi connectivity index (χ2v) is 8.25. The van der Waals surface area contributed by atoms with Crippen molar-refractivity contribution < 1.29 is 4.74 Å². The van der Waals surface area contributed by atoms with Gasteiger partial charge in [-0.2, -0.15) is 0 Å². The van der Waals surface area contributed by atoms with Crippen molar-refractivity contribution in [1.82, 2.24) is 5.32 Å². The molecule has 6 heteroatoms. The van der Waals surface area contributed by atoms with Gasteiger partial charge in [-0.05, 0) is 73.8 Å². The van der Waals surface area contributed by atoms with Gasteiger partial charge in [-0.1, -0.05) is 30.7 Å². The molecule has 0 aliphatic carbocycles. The summed E-state index contributed by atoms with van der Waals surface area (Å²) in [4.78, 5) is 2.47. The molecular weight excluding hydrogens is 390 g/mol. The molecule has 0 spiro atoms. The number of methoxy groups -OCH3 is 1. The molecule has 1 fully saturated rings. The van der Waals surface area contributed by atoms with Gasteiger partial charge in [-0.25, -0.2) is 0 Å². The van der Waals surface area contributed by atoms with E-state index in [0.717, 1.165) is 24.7 Å². The third kappa shape index (κ3) is 5.30. The Morgan fingerprint density at radius 1 is 1.18 bits per heavy atom. The largest absolute Gasteiger partial charge is 0.495 e. The summed E-state index contributed by atoms with van der Waals surface area (Å²) in [5.74, 6) is 1.48. The number of halogens is 1. The van der Waals surface area contributed by atoms with E-state index in [1.165, 1.54) is 24.1 Å². The van der Waals surface area contributed by atoms with E-state index in [-0.39, 0.29) is 6.04 Å². The van der Waals surface area contributed by atoms with Crippen molar-refractivity contribution in [3.05, 3.63) is 53.1 Å². The zero-order valence-electron chi connectivity index (χ0n) is 16.7. The van der Waals surface area contributed by atoms with Crippen molar-refractivity contribution >= 4 is 40.3 Å². The molecular formula is C22H28ClN3OS. The number of rotatable bonds is 5. The molecule has 0 unspecified atom stereocenters. The van der Waals surface area contributed by atoms with Crippen molar-refractivity contribution in [1.29, 1.82) is 0 Å². The second kappa shape index (κ2) is 9.48. The fourth-order valence-corrected chi connectivity index (χ4v) is 3.98. The molecule has 1 saturated heterocycles. The molecule has 0 amide bonds. The van der Waals surface area contributed by atoms with Gasteiger partial charge in [-0.3, -0.25) is 0 Å². The van der Waals surface area contributed by atoms with Crippen LogP contribution in [0, 0.1) is 5.92 Å². The fraction of sp³-hybridized carbons (Fsp3) is 0.409. The monoisotopic (exact) mass is 417 g/mol. The molecule has 2 N–H and O–H groups in total. The topological polar surface area (TPSA) is 36.5 Å². The van der Waals surface area contributed by atoms with Gasteiger partial charge in [-0.15, -0.1) is 0 Å². The standard InChI is InChI=1S/C22H28ClN3OS/c1-15-10-12-26(13-11-15)19-7-4-17(5-8-19)16(2)24-22(28)25-18-6-9-21(27-3)20(23)14-18/h4-9,14-16H,10-13H2,1-3H3,(H2,24,25,28)/t16-/m0/s1. The van der Waals surface area contributed by atoms with Crippen LogP contribution in [0.2, 0.25) is 5.02 Å². The Bertz CT molecular complexity index is 804. The third-order valence-electron chi connectivity index (χ3n) is 5.30. The first-order valence-electron chi connectivity index (χ1n) is 9.72. The summed E-state index contributed by atoms with van der Waals surface area (Å²) >= 11 is 11.6. The van der Waals surface area contributed by atoms with Crippen LogP contribution in [0.5, 0.6) is 5.75 Å². The highest BCUT2D eigenvalue weighted by molar-refractivity contribution is 7.80. The average molecular weight is 418 g/mol. The summed E-state index contributed by atoms with van der Waals surface area (Å²) in [7, 11) is 1.60. The molecule has 150 valence electrons. The molecule has 2 aromatic carbocycles. The van der Waals surface area contributed by atoms with Gasteiger partial charge >= 0.3 is 0 Å². The Kier molecular flexibility index (Phi) is 7.03. The van der Waals surface area contributed by atoms with Gasteiger partial charge in [0.25, 0.3) is 0 Å². The maximum Gasteiger partial charge on any atom is 0.171 e. The highest BCUT2D eigenvalue weighted by atomic mass is 35.5. The fourth-order valence-electron chi connectivity index (χ4n) is 3.43. The molecule has 28 heavy (non-hydrogen) atoms. The second-order valence-electron chi connectivity index (χ2n) is 7.43. The van der Waals surface area contributed by atoms with Crippen LogP contribution in [0.1, 0.15) is 38.3 Å². The van der Waals surface area contributed by atoms with Crippen molar-refractivity contribution in [3.63, 3.8) is 0 Å². The van der Waals surface area contributed by atoms with Crippen LogP contribution in [-0.4, -0.2) is 25.3 Å². The molecule has 1 aliphatic heterocycles. The number of ether oxygens (including phenoxy) is 1. The number of nitrogens with zero attached hydrogens (tertiary/aromatic N) is 1. The average Bonchev–Trinajstić information content (AvgIpc) is 2.69. The van der Waals surface area contributed by atoms with Gasteiger partial charge in [0.05, 0.1) is 18.2 Å². The van der Waals surface area contributed by atoms with Crippen LogP contribution >= 0.6 is 23.8 Å². The van der Waals surface area contributed by atoms with Crippen molar-refractivity contribution in [3.8, 4) is 5.75 Å². The van der Waals surface area contributed by atoms with Crippen molar-refractivity contribution in [2.45, 2.75) is 32.7 Å². The van der Waals surface area contributed by atoms with E-state index in [4.69, 9.17) is 28.6 Å². The Morgan fingerprint density at radius 2 is 1.86 bits per heavy atom. The van der Waals surface area contributed by atoms with Crippen LogP contribution in [0.4, 0.5) is 11.4 Å². The first kappa shape index (κ1) is 20.7. The SMILES string of the molecule is COc1ccc(NC(=S)N[C@@H](C)c2ccc(N3CCC(C)CC3)cc2)cc1Cl. The van der Waals surface area contributed by atoms with Crippen LogP contribution in [0.25, 0.3) is 0 Å². The molecule has 1 heterocycles. The normalized spacial score (nSPS) is 15.8. The molecule has 1 atom stereocenters. The number of piperidine rings is 1. The van der Waals surface area contributed by atoms with E-state index in [2.05, 4.69) is 53.6 Å². The van der Waals surface area contributed by atoms with E-state index >= 15 is 0 Å². The smallest absolute Gasteiger partial charge is 0.171 e. The number of thiocarbonyl (C=S) groups is 1. The van der Waals surface area contributed by atoms with Crippen LogP contribution in [0.15, 0.2) is 42.5 Å². The lowest BCUT2D eigenvalue weighted by Crippen LogP contribution is -2.33. The molecule has 0 saturated carbocycles. The third-order valence-corrected chi connectivity index (χ3v) is 5.81. The van der Waals surface area contributed by atoms with Crippen LogP contribution in [-0.2, 0) is 0 Å². The number of anilines is 2. The summed E-state index contributed by atoms with van der Waals surface area (Å²) < 4.78 is 5.17. The van der Waals surface area contributed by atoms with Gasteiger partial charge in [0, 0.05) is 24.5 Å².